The quantitative estimate of drug-likeness (QED) is 0.635. The van der Waals surface area contributed by atoms with E-state index in [0.29, 0.717) is 25.4 Å². The van der Waals surface area contributed by atoms with Crippen molar-refractivity contribution in [1.82, 2.24) is 14.4 Å². The first-order valence-electron chi connectivity index (χ1n) is 10.2. The molecule has 1 aromatic heterocycles. The Labute approximate surface area is 173 Å². The van der Waals surface area contributed by atoms with Crippen LogP contribution in [0.4, 0.5) is 4.39 Å². The van der Waals surface area contributed by atoms with Gasteiger partial charge in [-0.25, -0.2) is 4.39 Å². The number of benzene rings is 1. The molecule has 0 saturated carbocycles. The largest absolute Gasteiger partial charge is 0.353 e. The van der Waals surface area contributed by atoms with E-state index in [0.717, 1.165) is 5.69 Å². The number of aryl methyl sites for hydroxylation is 1. The van der Waals surface area contributed by atoms with Gasteiger partial charge in [-0.3, -0.25) is 9.59 Å². The highest BCUT2D eigenvalue weighted by atomic mass is 19.1. The highest BCUT2D eigenvalue weighted by molar-refractivity contribution is 5.96. The molecule has 0 bridgehead atoms. The van der Waals surface area contributed by atoms with Crippen molar-refractivity contribution in [3.05, 3.63) is 59.7 Å². The number of hydrogen-bond acceptors (Lipinski definition) is 2. The second-order valence-electron chi connectivity index (χ2n) is 7.98. The minimum Gasteiger partial charge on any atom is -0.353 e. The van der Waals surface area contributed by atoms with Crippen molar-refractivity contribution in [2.75, 3.05) is 13.1 Å². The van der Waals surface area contributed by atoms with Crippen LogP contribution < -0.4 is 0 Å². The van der Waals surface area contributed by atoms with Crippen molar-refractivity contribution in [2.24, 2.45) is 13.0 Å². The van der Waals surface area contributed by atoms with Crippen LogP contribution in [-0.4, -0.2) is 45.3 Å². The molecule has 0 aliphatic rings. The van der Waals surface area contributed by atoms with Gasteiger partial charge in [0.05, 0.1) is 6.54 Å². The molecule has 1 atom stereocenters. The Kier molecular flexibility index (Phi) is 8.00. The molecule has 2 aromatic rings. The fraction of sp³-hybridized carbons (Fsp3) is 0.478. The lowest BCUT2D eigenvalue weighted by atomic mass is 10.1. The van der Waals surface area contributed by atoms with E-state index in [1.807, 2.05) is 43.8 Å². The van der Waals surface area contributed by atoms with Gasteiger partial charge in [-0.1, -0.05) is 26.8 Å². The lowest BCUT2D eigenvalue weighted by molar-refractivity contribution is -0.133. The lowest BCUT2D eigenvalue weighted by Crippen LogP contribution is -2.47. The fourth-order valence-electron chi connectivity index (χ4n) is 3.23. The molecule has 0 aliphatic carbocycles. The first-order valence-corrected chi connectivity index (χ1v) is 10.2. The number of aromatic nitrogens is 1. The maximum absolute atomic E-state index is 13.6. The van der Waals surface area contributed by atoms with Gasteiger partial charge >= 0.3 is 0 Å². The van der Waals surface area contributed by atoms with Crippen molar-refractivity contribution in [1.29, 1.82) is 0 Å². The number of nitrogens with zero attached hydrogens (tertiary/aromatic N) is 3. The summed E-state index contributed by atoms with van der Waals surface area (Å²) in [4.78, 5) is 29.6. The number of rotatable bonds is 9. The van der Waals surface area contributed by atoms with E-state index >= 15 is 0 Å². The summed E-state index contributed by atoms with van der Waals surface area (Å²) < 4.78 is 15.6. The minimum absolute atomic E-state index is 0.0263. The third kappa shape index (κ3) is 6.17. The molecule has 0 unspecified atom stereocenters. The molecule has 29 heavy (non-hydrogen) atoms. The smallest absolute Gasteiger partial charge is 0.254 e. The van der Waals surface area contributed by atoms with Crippen LogP contribution in [0.1, 0.15) is 50.2 Å². The molecule has 5 nitrogen and oxygen atoms in total. The van der Waals surface area contributed by atoms with E-state index in [-0.39, 0.29) is 30.0 Å². The molecule has 1 heterocycles. The Morgan fingerprint density at radius 1 is 1.14 bits per heavy atom. The van der Waals surface area contributed by atoms with Crippen LogP contribution in [0.3, 0.4) is 0 Å². The zero-order chi connectivity index (χ0) is 21.6. The highest BCUT2D eigenvalue weighted by Gasteiger charge is 2.26. The molecule has 1 aromatic carbocycles. The molecule has 0 N–H and O–H groups in total. The van der Waals surface area contributed by atoms with Gasteiger partial charge in [0, 0.05) is 37.1 Å². The lowest BCUT2D eigenvalue weighted by Gasteiger charge is -2.32. The number of halogens is 1. The van der Waals surface area contributed by atoms with Gasteiger partial charge < -0.3 is 14.4 Å². The minimum atomic E-state index is -0.462. The maximum atomic E-state index is 13.6. The second-order valence-corrected chi connectivity index (χ2v) is 7.98. The van der Waals surface area contributed by atoms with Gasteiger partial charge in [-0.05, 0) is 49.6 Å². The molecule has 2 amide bonds. The zero-order valence-corrected chi connectivity index (χ0v) is 18.1. The Bertz CT molecular complexity index is 831. The predicted octanol–water partition coefficient (Wildman–Crippen LogP) is 4.09. The van der Waals surface area contributed by atoms with Crippen LogP contribution >= 0.6 is 0 Å². The average molecular weight is 402 g/mol. The van der Waals surface area contributed by atoms with Crippen molar-refractivity contribution in [3.63, 3.8) is 0 Å². The van der Waals surface area contributed by atoms with Crippen LogP contribution in [0.25, 0.3) is 0 Å². The SMILES string of the molecule is CC[C@H](C)N(CC(=O)N(Cc1cccn1C)CC(C)C)C(=O)c1cccc(F)c1. The van der Waals surface area contributed by atoms with E-state index in [9.17, 15) is 14.0 Å². The van der Waals surface area contributed by atoms with E-state index < -0.39 is 5.82 Å². The number of amides is 2. The summed E-state index contributed by atoms with van der Waals surface area (Å²) in [7, 11) is 1.95. The summed E-state index contributed by atoms with van der Waals surface area (Å²) >= 11 is 0. The van der Waals surface area contributed by atoms with Crippen molar-refractivity contribution in [3.8, 4) is 0 Å². The molecule has 0 aliphatic heterocycles. The molecule has 158 valence electrons. The molecule has 0 saturated heterocycles. The Morgan fingerprint density at radius 3 is 2.41 bits per heavy atom. The first kappa shape index (κ1) is 22.7. The second kappa shape index (κ2) is 10.2. The van der Waals surface area contributed by atoms with E-state index in [2.05, 4.69) is 13.8 Å². The third-order valence-corrected chi connectivity index (χ3v) is 5.10. The summed E-state index contributed by atoms with van der Waals surface area (Å²) in [6.07, 6.45) is 2.66. The summed E-state index contributed by atoms with van der Waals surface area (Å²) in [5.41, 5.74) is 1.29. The number of carbonyl (C=O) groups is 2. The van der Waals surface area contributed by atoms with Crippen molar-refractivity contribution < 1.29 is 14.0 Å². The molecular weight excluding hydrogens is 369 g/mol. The van der Waals surface area contributed by atoms with Crippen LogP contribution in [-0.2, 0) is 18.4 Å². The molecule has 0 spiro atoms. The van der Waals surface area contributed by atoms with Gasteiger partial charge in [0.25, 0.3) is 5.91 Å². The van der Waals surface area contributed by atoms with Crippen molar-refractivity contribution in [2.45, 2.75) is 46.7 Å². The van der Waals surface area contributed by atoms with Gasteiger partial charge in [-0.2, -0.15) is 0 Å². The molecule has 0 fully saturated rings. The molecular formula is C23H32FN3O2. The number of hydrogen-bond donors (Lipinski definition) is 0. The third-order valence-electron chi connectivity index (χ3n) is 5.10. The van der Waals surface area contributed by atoms with Crippen LogP contribution in [0.5, 0.6) is 0 Å². The Balaban J connectivity index is 2.23. The highest BCUT2D eigenvalue weighted by Crippen LogP contribution is 2.15. The Morgan fingerprint density at radius 2 is 1.86 bits per heavy atom. The summed E-state index contributed by atoms with van der Waals surface area (Å²) in [5.74, 6) is -0.591. The number of carbonyl (C=O) groups excluding carboxylic acids is 2. The molecule has 2 rings (SSSR count). The summed E-state index contributed by atoms with van der Waals surface area (Å²) in [6, 6.07) is 9.43. The van der Waals surface area contributed by atoms with Gasteiger partial charge in [0.1, 0.15) is 12.4 Å². The van der Waals surface area contributed by atoms with Crippen LogP contribution in [0.15, 0.2) is 42.6 Å². The predicted molar refractivity (Wildman–Crippen MR) is 113 cm³/mol. The van der Waals surface area contributed by atoms with Crippen LogP contribution in [0.2, 0.25) is 0 Å². The maximum Gasteiger partial charge on any atom is 0.254 e. The van der Waals surface area contributed by atoms with Gasteiger partial charge in [-0.15, -0.1) is 0 Å². The topological polar surface area (TPSA) is 45.6 Å². The van der Waals surface area contributed by atoms with E-state index in [1.54, 1.807) is 15.9 Å². The van der Waals surface area contributed by atoms with Crippen molar-refractivity contribution >= 4 is 11.8 Å². The van der Waals surface area contributed by atoms with E-state index in [4.69, 9.17) is 0 Å². The summed E-state index contributed by atoms with van der Waals surface area (Å²) in [5, 5.41) is 0. The molecule has 6 heteroatoms. The standard InChI is InChI=1S/C23H32FN3O2/c1-6-18(4)27(23(29)19-9-7-10-20(24)13-19)16-22(28)26(14-17(2)3)15-21-11-8-12-25(21)5/h7-13,17-18H,6,14-16H2,1-5H3/t18-/m0/s1. The van der Waals surface area contributed by atoms with E-state index in [1.165, 1.54) is 18.2 Å². The zero-order valence-electron chi connectivity index (χ0n) is 18.1. The summed E-state index contributed by atoms with van der Waals surface area (Å²) in [6.45, 7) is 9.08. The van der Waals surface area contributed by atoms with Gasteiger partial charge in [0.15, 0.2) is 0 Å². The van der Waals surface area contributed by atoms with Gasteiger partial charge in [0.2, 0.25) is 5.91 Å². The molecule has 0 radical (unpaired) electrons. The fourth-order valence-corrected chi connectivity index (χ4v) is 3.23. The average Bonchev–Trinajstić information content (AvgIpc) is 3.08. The monoisotopic (exact) mass is 401 g/mol. The first-order chi connectivity index (χ1) is 13.7. The normalized spacial score (nSPS) is 12.1. The Hall–Kier alpha value is -2.63. The van der Waals surface area contributed by atoms with Crippen LogP contribution in [0, 0.1) is 11.7 Å².